The van der Waals surface area contributed by atoms with E-state index in [0.29, 0.717) is 27.8 Å². The van der Waals surface area contributed by atoms with Crippen molar-refractivity contribution in [2.45, 2.75) is 58.5 Å². The lowest BCUT2D eigenvalue weighted by molar-refractivity contribution is -0.140. The summed E-state index contributed by atoms with van der Waals surface area (Å²) in [5.41, 5.74) is 4.51. The van der Waals surface area contributed by atoms with Gasteiger partial charge in [-0.15, -0.1) is 0 Å². The van der Waals surface area contributed by atoms with Gasteiger partial charge in [0.25, 0.3) is 10.0 Å². The lowest BCUT2D eigenvalue weighted by Crippen LogP contribution is -2.53. The maximum absolute atomic E-state index is 14.6. The average molecular weight is 695 g/mol. The number of rotatable bonds is 13. The SMILES string of the molecule is Cc1ccc(S(=O)(=O)N(CC(=O)N(Cc2ccc(Cl)cc2Cl)[C@H](Cc2ccccc2)C(=O)NCC(C)C)c2ccc(C)c(C)c2)cc1. The van der Waals surface area contributed by atoms with Gasteiger partial charge in [-0.25, -0.2) is 8.42 Å². The van der Waals surface area contributed by atoms with Crippen molar-refractivity contribution in [3.8, 4) is 0 Å². The Bertz CT molecular complexity index is 1810. The molecule has 1 atom stereocenters. The molecule has 0 radical (unpaired) electrons. The van der Waals surface area contributed by atoms with Crippen LogP contribution in [-0.2, 0) is 32.6 Å². The maximum atomic E-state index is 14.6. The Morgan fingerprint density at radius 1 is 0.830 bits per heavy atom. The molecule has 7 nitrogen and oxygen atoms in total. The third-order valence-corrected chi connectivity index (χ3v) is 10.4. The van der Waals surface area contributed by atoms with Crippen LogP contribution in [0.2, 0.25) is 10.0 Å². The second kappa shape index (κ2) is 15.8. The number of anilines is 1. The van der Waals surface area contributed by atoms with Gasteiger partial charge in [-0.05, 0) is 85.3 Å². The van der Waals surface area contributed by atoms with Crippen LogP contribution in [0.4, 0.5) is 5.69 Å². The summed E-state index contributed by atoms with van der Waals surface area (Å²) in [5, 5.41) is 3.74. The molecule has 1 N–H and O–H groups in total. The molecule has 0 fully saturated rings. The van der Waals surface area contributed by atoms with Crippen LogP contribution in [0, 0.1) is 26.7 Å². The van der Waals surface area contributed by atoms with Gasteiger partial charge in [-0.2, -0.15) is 0 Å². The zero-order valence-electron chi connectivity index (χ0n) is 27.3. The number of nitrogens with zero attached hydrogens (tertiary/aromatic N) is 2. The van der Waals surface area contributed by atoms with Crippen molar-refractivity contribution in [1.29, 1.82) is 0 Å². The molecule has 47 heavy (non-hydrogen) atoms. The van der Waals surface area contributed by atoms with E-state index in [9.17, 15) is 18.0 Å². The third kappa shape index (κ3) is 9.37. The number of sulfonamides is 1. The summed E-state index contributed by atoms with van der Waals surface area (Å²) in [6, 6.07) is 25.2. The molecule has 0 heterocycles. The fourth-order valence-electron chi connectivity index (χ4n) is 5.06. The second-order valence-electron chi connectivity index (χ2n) is 12.2. The third-order valence-electron chi connectivity index (χ3n) is 7.98. The van der Waals surface area contributed by atoms with Gasteiger partial charge in [0.05, 0.1) is 10.6 Å². The number of halogens is 2. The van der Waals surface area contributed by atoms with E-state index in [-0.39, 0.29) is 29.7 Å². The highest BCUT2D eigenvalue weighted by atomic mass is 35.5. The minimum Gasteiger partial charge on any atom is -0.354 e. The predicted octanol–water partition coefficient (Wildman–Crippen LogP) is 7.53. The van der Waals surface area contributed by atoms with Gasteiger partial charge in [0.1, 0.15) is 12.6 Å². The van der Waals surface area contributed by atoms with Crippen LogP contribution in [0.3, 0.4) is 0 Å². The Kier molecular flexibility index (Phi) is 12.1. The number of carbonyl (C=O) groups excluding carboxylic acids is 2. The van der Waals surface area contributed by atoms with Crippen molar-refractivity contribution < 1.29 is 18.0 Å². The lowest BCUT2D eigenvalue weighted by atomic mass is 10.0. The smallest absolute Gasteiger partial charge is 0.264 e. The molecule has 4 rings (SSSR count). The first-order chi connectivity index (χ1) is 22.3. The minimum atomic E-state index is -4.20. The molecular weight excluding hydrogens is 653 g/mol. The molecule has 0 spiro atoms. The molecule has 4 aromatic carbocycles. The number of carbonyl (C=O) groups is 2. The Hall–Kier alpha value is -3.85. The van der Waals surface area contributed by atoms with Crippen LogP contribution in [0.15, 0.2) is 95.9 Å². The Morgan fingerprint density at radius 3 is 2.13 bits per heavy atom. The normalized spacial score (nSPS) is 12.1. The first-order valence-electron chi connectivity index (χ1n) is 15.5. The van der Waals surface area contributed by atoms with Crippen molar-refractivity contribution >= 4 is 50.7 Å². The van der Waals surface area contributed by atoms with E-state index in [2.05, 4.69) is 5.32 Å². The van der Waals surface area contributed by atoms with E-state index in [1.165, 1.54) is 17.0 Å². The van der Waals surface area contributed by atoms with E-state index < -0.39 is 28.5 Å². The number of benzene rings is 4. The summed E-state index contributed by atoms with van der Waals surface area (Å²) in [4.78, 5) is 30.0. The van der Waals surface area contributed by atoms with Crippen LogP contribution in [0.1, 0.15) is 41.7 Å². The zero-order chi connectivity index (χ0) is 34.3. The van der Waals surface area contributed by atoms with Crippen molar-refractivity contribution in [3.63, 3.8) is 0 Å². The number of nitrogens with one attached hydrogen (secondary N) is 1. The molecule has 2 amide bonds. The van der Waals surface area contributed by atoms with Gasteiger partial charge in [-0.3, -0.25) is 13.9 Å². The molecule has 0 aliphatic heterocycles. The number of hydrogen-bond donors (Lipinski definition) is 1. The summed E-state index contributed by atoms with van der Waals surface area (Å²) in [5.74, 6) is -0.739. The van der Waals surface area contributed by atoms with E-state index in [1.54, 1.807) is 42.5 Å². The highest BCUT2D eigenvalue weighted by Gasteiger charge is 2.35. The molecule has 0 saturated carbocycles. The van der Waals surface area contributed by atoms with Gasteiger partial charge >= 0.3 is 0 Å². The van der Waals surface area contributed by atoms with Crippen LogP contribution in [0.5, 0.6) is 0 Å². The number of hydrogen-bond acceptors (Lipinski definition) is 4. The highest BCUT2D eigenvalue weighted by molar-refractivity contribution is 7.92. The van der Waals surface area contributed by atoms with Gasteiger partial charge in [0, 0.05) is 29.6 Å². The predicted molar refractivity (Wildman–Crippen MR) is 190 cm³/mol. The van der Waals surface area contributed by atoms with E-state index in [4.69, 9.17) is 23.2 Å². The topological polar surface area (TPSA) is 86.8 Å². The van der Waals surface area contributed by atoms with E-state index >= 15 is 0 Å². The second-order valence-corrected chi connectivity index (χ2v) is 14.9. The van der Waals surface area contributed by atoms with Crippen molar-refractivity contribution in [1.82, 2.24) is 10.2 Å². The van der Waals surface area contributed by atoms with Crippen LogP contribution >= 0.6 is 23.2 Å². The molecule has 0 aliphatic carbocycles. The Balaban J connectivity index is 1.84. The van der Waals surface area contributed by atoms with E-state index in [1.807, 2.05) is 71.0 Å². The standard InChI is InChI=1S/C37H41Cl2N3O4S/c1-25(2)22-40-37(44)35(20-29-9-7-6-8-10-29)41(23-30-14-15-31(38)21-34(30)39)36(43)24-42(32-16-13-27(4)28(5)19-32)47(45,46)33-17-11-26(3)12-18-33/h6-19,21,25,35H,20,22-24H2,1-5H3,(H,40,44)/t35-/m1/s1. The fourth-order valence-corrected chi connectivity index (χ4v) is 6.93. The van der Waals surface area contributed by atoms with Crippen LogP contribution in [0.25, 0.3) is 0 Å². The maximum Gasteiger partial charge on any atom is 0.264 e. The summed E-state index contributed by atoms with van der Waals surface area (Å²) in [6.45, 7) is 9.48. The summed E-state index contributed by atoms with van der Waals surface area (Å²) in [7, 11) is -4.20. The molecule has 10 heteroatoms. The Labute approximate surface area is 288 Å². The molecule has 0 aliphatic rings. The zero-order valence-corrected chi connectivity index (χ0v) is 29.7. The fraction of sp³-hybridized carbons (Fsp3) is 0.297. The largest absolute Gasteiger partial charge is 0.354 e. The van der Waals surface area contributed by atoms with Crippen molar-refractivity contribution in [2.75, 3.05) is 17.4 Å². The first kappa shape index (κ1) is 36.0. The summed E-state index contributed by atoms with van der Waals surface area (Å²) >= 11 is 12.8. The van der Waals surface area contributed by atoms with Gasteiger partial charge in [0.2, 0.25) is 11.8 Å². The molecule has 0 aromatic heterocycles. The van der Waals surface area contributed by atoms with Gasteiger partial charge in [0.15, 0.2) is 0 Å². The summed E-state index contributed by atoms with van der Waals surface area (Å²) in [6.07, 6.45) is 0.204. The van der Waals surface area contributed by atoms with Gasteiger partial charge in [-0.1, -0.05) is 97.2 Å². The van der Waals surface area contributed by atoms with E-state index in [0.717, 1.165) is 26.6 Å². The highest BCUT2D eigenvalue weighted by Crippen LogP contribution is 2.28. The average Bonchev–Trinajstić information content (AvgIpc) is 3.03. The summed E-state index contributed by atoms with van der Waals surface area (Å²) < 4.78 is 29.6. The van der Waals surface area contributed by atoms with Crippen LogP contribution in [-0.4, -0.2) is 44.3 Å². The number of amides is 2. The molecule has 0 unspecified atom stereocenters. The molecule has 248 valence electrons. The first-order valence-corrected chi connectivity index (χ1v) is 17.7. The molecule has 0 saturated heterocycles. The quantitative estimate of drug-likeness (QED) is 0.157. The molecule has 0 bridgehead atoms. The van der Waals surface area contributed by atoms with Crippen molar-refractivity contribution in [2.24, 2.45) is 5.92 Å². The Morgan fingerprint density at radius 2 is 1.51 bits per heavy atom. The van der Waals surface area contributed by atoms with Gasteiger partial charge < -0.3 is 10.2 Å². The monoisotopic (exact) mass is 693 g/mol. The molecule has 4 aromatic rings. The van der Waals surface area contributed by atoms with Crippen LogP contribution < -0.4 is 9.62 Å². The molecular formula is C37H41Cl2N3O4S. The lowest BCUT2D eigenvalue weighted by Gasteiger charge is -2.34. The van der Waals surface area contributed by atoms with Crippen molar-refractivity contribution in [3.05, 3.63) is 129 Å². The number of aryl methyl sites for hydroxylation is 3. The minimum absolute atomic E-state index is 0.0488.